The number of hydrogen-bond donors (Lipinski definition) is 4. The molecule has 7 heteroatoms. The Morgan fingerprint density at radius 2 is 1.74 bits per heavy atom. The predicted octanol–water partition coefficient (Wildman–Crippen LogP) is -0.372. The summed E-state index contributed by atoms with van der Waals surface area (Å²) in [6.07, 6.45) is 2.66. The lowest BCUT2D eigenvalue weighted by Crippen LogP contribution is -2.49. The van der Waals surface area contributed by atoms with Crippen molar-refractivity contribution in [2.24, 2.45) is 5.41 Å². The Labute approximate surface area is 112 Å². The van der Waals surface area contributed by atoms with E-state index in [1.165, 1.54) is 4.90 Å². The van der Waals surface area contributed by atoms with Gasteiger partial charge in [-0.05, 0) is 18.3 Å². The second-order valence-corrected chi connectivity index (χ2v) is 5.02. The highest BCUT2D eigenvalue weighted by atomic mass is 16.4. The van der Waals surface area contributed by atoms with Gasteiger partial charge in [-0.25, -0.2) is 4.79 Å². The number of carboxylic acids is 1. The molecular weight excluding hydrogens is 252 g/mol. The van der Waals surface area contributed by atoms with Gasteiger partial charge in [-0.1, -0.05) is 6.42 Å². The van der Waals surface area contributed by atoms with Crippen LogP contribution >= 0.6 is 0 Å². The first kappa shape index (κ1) is 15.7. The van der Waals surface area contributed by atoms with Crippen molar-refractivity contribution in [3.63, 3.8) is 0 Å². The van der Waals surface area contributed by atoms with Crippen LogP contribution in [0.1, 0.15) is 25.7 Å². The lowest BCUT2D eigenvalue weighted by molar-refractivity contribution is -0.141. The molecule has 1 fully saturated rings. The van der Waals surface area contributed by atoms with Crippen molar-refractivity contribution in [2.45, 2.75) is 25.7 Å². The van der Waals surface area contributed by atoms with Crippen molar-refractivity contribution in [1.29, 1.82) is 0 Å². The van der Waals surface area contributed by atoms with Gasteiger partial charge < -0.3 is 25.5 Å². The molecule has 4 N–H and O–H groups in total. The third-order valence-electron chi connectivity index (χ3n) is 3.58. The number of aliphatic carboxylic acids is 1. The van der Waals surface area contributed by atoms with Crippen LogP contribution in [0.3, 0.4) is 0 Å². The molecule has 0 bridgehead atoms. The predicted molar refractivity (Wildman–Crippen MR) is 67.7 cm³/mol. The fourth-order valence-corrected chi connectivity index (χ4v) is 2.34. The third-order valence-corrected chi connectivity index (χ3v) is 3.58. The zero-order chi connectivity index (χ0) is 14.3. The highest BCUT2D eigenvalue weighted by molar-refractivity contribution is 5.74. The van der Waals surface area contributed by atoms with Crippen molar-refractivity contribution in [3.8, 4) is 0 Å². The number of rotatable bonds is 8. The number of amides is 2. The minimum Gasteiger partial charge on any atom is -0.481 e. The maximum Gasteiger partial charge on any atom is 0.317 e. The van der Waals surface area contributed by atoms with Gasteiger partial charge in [0.05, 0.1) is 19.6 Å². The number of carbonyl (C=O) groups excluding carboxylic acids is 1. The van der Waals surface area contributed by atoms with Crippen molar-refractivity contribution in [3.05, 3.63) is 0 Å². The summed E-state index contributed by atoms with van der Waals surface area (Å²) in [6.45, 7) is 0.281. The Morgan fingerprint density at radius 1 is 1.16 bits per heavy atom. The van der Waals surface area contributed by atoms with E-state index in [0.29, 0.717) is 6.54 Å². The summed E-state index contributed by atoms with van der Waals surface area (Å²) < 4.78 is 0. The minimum absolute atomic E-state index is 0.0628. The van der Waals surface area contributed by atoms with Crippen LogP contribution in [0.2, 0.25) is 0 Å². The van der Waals surface area contributed by atoms with E-state index in [4.69, 9.17) is 15.3 Å². The number of nitrogens with zero attached hydrogens (tertiary/aromatic N) is 1. The number of carbonyl (C=O) groups is 2. The molecule has 0 atom stereocenters. The van der Waals surface area contributed by atoms with Gasteiger partial charge in [-0.15, -0.1) is 0 Å². The molecule has 0 aromatic rings. The van der Waals surface area contributed by atoms with Crippen LogP contribution in [0.4, 0.5) is 4.79 Å². The molecule has 0 radical (unpaired) electrons. The standard InChI is InChI=1S/C12H22N2O5/c15-6-4-14(5-7-16)11(19)13-9-12(2-1-3-12)8-10(17)18/h15-16H,1-9H2,(H,13,19)(H,17,18). The molecular formula is C12H22N2O5. The second-order valence-electron chi connectivity index (χ2n) is 5.02. The SMILES string of the molecule is O=C(O)CC1(CNC(=O)N(CCO)CCO)CCC1. The van der Waals surface area contributed by atoms with E-state index in [9.17, 15) is 9.59 Å². The van der Waals surface area contributed by atoms with Crippen LogP contribution < -0.4 is 5.32 Å². The lowest BCUT2D eigenvalue weighted by atomic mass is 9.66. The molecule has 0 saturated heterocycles. The van der Waals surface area contributed by atoms with E-state index in [1.54, 1.807) is 0 Å². The number of hydrogen-bond acceptors (Lipinski definition) is 4. The van der Waals surface area contributed by atoms with Gasteiger partial charge in [-0.3, -0.25) is 4.79 Å². The molecule has 1 rings (SSSR count). The zero-order valence-corrected chi connectivity index (χ0v) is 11.0. The normalized spacial score (nSPS) is 16.5. The lowest BCUT2D eigenvalue weighted by Gasteiger charge is -2.41. The molecule has 7 nitrogen and oxygen atoms in total. The summed E-state index contributed by atoms with van der Waals surface area (Å²) in [7, 11) is 0. The van der Waals surface area contributed by atoms with E-state index >= 15 is 0 Å². The fourth-order valence-electron chi connectivity index (χ4n) is 2.34. The molecule has 2 amide bonds. The molecule has 0 spiro atoms. The molecule has 0 heterocycles. The van der Waals surface area contributed by atoms with Crippen LogP contribution in [0.5, 0.6) is 0 Å². The molecule has 0 aromatic carbocycles. The van der Waals surface area contributed by atoms with Crippen LogP contribution in [0, 0.1) is 5.41 Å². The number of aliphatic hydroxyl groups is 2. The Morgan fingerprint density at radius 3 is 2.11 bits per heavy atom. The van der Waals surface area contributed by atoms with Gasteiger partial charge >= 0.3 is 12.0 Å². The number of nitrogens with one attached hydrogen (secondary N) is 1. The summed E-state index contributed by atoms with van der Waals surface area (Å²) in [6, 6.07) is -0.375. The number of carboxylic acid groups (broad SMARTS) is 1. The van der Waals surface area contributed by atoms with E-state index in [-0.39, 0.29) is 44.2 Å². The molecule has 0 unspecified atom stereocenters. The molecule has 1 saturated carbocycles. The first-order valence-corrected chi connectivity index (χ1v) is 6.49. The van der Waals surface area contributed by atoms with Gasteiger partial charge in [-0.2, -0.15) is 0 Å². The first-order chi connectivity index (χ1) is 9.03. The second kappa shape index (κ2) is 7.30. The molecule has 110 valence electrons. The monoisotopic (exact) mass is 274 g/mol. The topological polar surface area (TPSA) is 110 Å². The van der Waals surface area contributed by atoms with Crippen LogP contribution in [0.25, 0.3) is 0 Å². The average molecular weight is 274 g/mol. The summed E-state index contributed by atoms with van der Waals surface area (Å²) in [5, 5.41) is 29.2. The van der Waals surface area contributed by atoms with Gasteiger partial charge in [0.25, 0.3) is 0 Å². The maximum atomic E-state index is 11.8. The minimum atomic E-state index is -0.850. The summed E-state index contributed by atoms with van der Waals surface area (Å²) in [4.78, 5) is 24.0. The number of urea groups is 1. The Hall–Kier alpha value is -1.34. The van der Waals surface area contributed by atoms with Crippen molar-refractivity contribution in [1.82, 2.24) is 10.2 Å². The highest BCUT2D eigenvalue weighted by Gasteiger charge is 2.39. The van der Waals surface area contributed by atoms with Gasteiger partial charge in [0.2, 0.25) is 0 Å². The quantitative estimate of drug-likeness (QED) is 0.482. The Bertz CT molecular complexity index is 311. The van der Waals surface area contributed by atoms with Crippen molar-refractivity contribution >= 4 is 12.0 Å². The molecule has 1 aliphatic rings. The zero-order valence-electron chi connectivity index (χ0n) is 11.0. The van der Waals surface area contributed by atoms with E-state index < -0.39 is 5.97 Å². The summed E-state index contributed by atoms with van der Waals surface area (Å²) in [5.41, 5.74) is -0.328. The molecule has 0 aliphatic heterocycles. The van der Waals surface area contributed by atoms with E-state index in [2.05, 4.69) is 5.32 Å². The van der Waals surface area contributed by atoms with Crippen LogP contribution in [-0.4, -0.2) is 65.1 Å². The highest BCUT2D eigenvalue weighted by Crippen LogP contribution is 2.43. The van der Waals surface area contributed by atoms with Crippen molar-refractivity contribution < 1.29 is 24.9 Å². The largest absolute Gasteiger partial charge is 0.481 e. The van der Waals surface area contributed by atoms with Gasteiger partial charge in [0.1, 0.15) is 0 Å². The maximum absolute atomic E-state index is 11.8. The van der Waals surface area contributed by atoms with E-state index in [0.717, 1.165) is 19.3 Å². The smallest absolute Gasteiger partial charge is 0.317 e. The van der Waals surface area contributed by atoms with Gasteiger partial charge in [0, 0.05) is 19.6 Å². The first-order valence-electron chi connectivity index (χ1n) is 6.49. The van der Waals surface area contributed by atoms with Crippen molar-refractivity contribution in [2.75, 3.05) is 32.8 Å². The fraction of sp³-hybridized carbons (Fsp3) is 0.833. The molecule has 19 heavy (non-hydrogen) atoms. The van der Waals surface area contributed by atoms with E-state index in [1.807, 2.05) is 0 Å². The number of aliphatic hydroxyl groups excluding tert-OH is 2. The van der Waals surface area contributed by atoms with Gasteiger partial charge in [0.15, 0.2) is 0 Å². The Kier molecular flexibility index (Phi) is 6.04. The van der Waals surface area contributed by atoms with Crippen LogP contribution in [-0.2, 0) is 4.79 Å². The third kappa shape index (κ3) is 4.68. The van der Waals surface area contributed by atoms with Crippen LogP contribution in [0.15, 0.2) is 0 Å². The summed E-state index contributed by atoms with van der Waals surface area (Å²) in [5.74, 6) is -0.850. The Balaban J connectivity index is 2.44. The molecule has 0 aromatic heterocycles. The molecule has 1 aliphatic carbocycles. The summed E-state index contributed by atoms with van der Waals surface area (Å²) >= 11 is 0. The average Bonchev–Trinajstić information content (AvgIpc) is 2.31.